The van der Waals surface area contributed by atoms with Gasteiger partial charge in [0.05, 0.1) is 23.6 Å². The Bertz CT molecular complexity index is 637. The van der Waals surface area contributed by atoms with Gasteiger partial charge in [-0.25, -0.2) is 4.98 Å². The molecule has 104 valence electrons. The third-order valence-corrected chi connectivity index (χ3v) is 3.23. The Morgan fingerprint density at radius 1 is 1.10 bits per heavy atom. The second-order valence-corrected chi connectivity index (χ2v) is 4.67. The van der Waals surface area contributed by atoms with Crippen molar-refractivity contribution in [2.24, 2.45) is 0 Å². The molecule has 0 spiro atoms. The number of nitrogens with zero attached hydrogens (tertiary/aromatic N) is 1. The molecule has 1 aromatic carbocycles. The average molecular weight is 279 g/mol. The van der Waals surface area contributed by atoms with E-state index in [0.29, 0.717) is 17.9 Å². The van der Waals surface area contributed by atoms with Gasteiger partial charge in [0.1, 0.15) is 5.75 Å². The topological polar surface area (TPSA) is 22.1 Å². The summed E-state index contributed by atoms with van der Waals surface area (Å²) >= 11 is 0. The van der Waals surface area contributed by atoms with Gasteiger partial charge in [0.25, 0.3) is 0 Å². The van der Waals surface area contributed by atoms with Crippen molar-refractivity contribution in [3.63, 3.8) is 0 Å². The first-order chi connectivity index (χ1) is 9.54. The van der Waals surface area contributed by atoms with Crippen LogP contribution in [0.25, 0.3) is 11.3 Å². The summed E-state index contributed by atoms with van der Waals surface area (Å²) in [6.45, 7) is 0.664. The second kappa shape index (κ2) is 4.81. The van der Waals surface area contributed by atoms with Crippen LogP contribution in [0, 0.1) is 0 Å². The Labute approximate surface area is 114 Å². The van der Waals surface area contributed by atoms with Crippen LogP contribution in [-0.4, -0.2) is 11.6 Å². The maximum absolute atomic E-state index is 12.7. The quantitative estimate of drug-likeness (QED) is 0.784. The number of benzene rings is 1. The number of halogens is 3. The van der Waals surface area contributed by atoms with Crippen molar-refractivity contribution in [2.45, 2.75) is 19.0 Å². The van der Waals surface area contributed by atoms with Crippen molar-refractivity contribution >= 4 is 0 Å². The van der Waals surface area contributed by atoms with Gasteiger partial charge in [-0.15, -0.1) is 0 Å². The lowest BCUT2D eigenvalue weighted by Crippen LogP contribution is -2.10. The number of fused-ring (bicyclic) bond motifs is 1. The van der Waals surface area contributed by atoms with Crippen molar-refractivity contribution in [2.75, 3.05) is 6.61 Å². The normalized spacial score (nSPS) is 14.6. The molecule has 0 radical (unpaired) electrons. The fourth-order valence-corrected chi connectivity index (χ4v) is 2.24. The van der Waals surface area contributed by atoms with E-state index in [0.717, 1.165) is 36.4 Å². The van der Waals surface area contributed by atoms with E-state index >= 15 is 0 Å². The summed E-state index contributed by atoms with van der Waals surface area (Å²) in [7, 11) is 0. The van der Waals surface area contributed by atoms with Crippen LogP contribution in [0.15, 0.2) is 36.4 Å². The Hall–Kier alpha value is -2.04. The van der Waals surface area contributed by atoms with E-state index in [1.807, 2.05) is 0 Å². The van der Waals surface area contributed by atoms with Gasteiger partial charge in [0, 0.05) is 5.56 Å². The number of alkyl halides is 3. The molecule has 0 aliphatic carbocycles. The van der Waals surface area contributed by atoms with Crippen LogP contribution in [0.1, 0.15) is 17.7 Å². The van der Waals surface area contributed by atoms with Crippen LogP contribution in [0.5, 0.6) is 5.75 Å². The Kier molecular flexibility index (Phi) is 3.12. The summed E-state index contributed by atoms with van der Waals surface area (Å²) < 4.78 is 43.6. The first-order valence-corrected chi connectivity index (χ1v) is 6.34. The SMILES string of the molecule is FC(F)(F)c1cccc(-c2ccc3c(n2)CCCO3)c1. The summed E-state index contributed by atoms with van der Waals surface area (Å²) in [5.74, 6) is 0.729. The van der Waals surface area contributed by atoms with Crippen LogP contribution in [0.3, 0.4) is 0 Å². The zero-order chi connectivity index (χ0) is 14.2. The summed E-state index contributed by atoms with van der Waals surface area (Å²) in [6.07, 6.45) is -2.67. The van der Waals surface area contributed by atoms with E-state index < -0.39 is 11.7 Å². The maximum atomic E-state index is 12.7. The molecule has 2 nitrogen and oxygen atoms in total. The average Bonchev–Trinajstić information content (AvgIpc) is 2.46. The van der Waals surface area contributed by atoms with Crippen molar-refractivity contribution in [3.8, 4) is 17.0 Å². The fourth-order valence-electron chi connectivity index (χ4n) is 2.24. The highest BCUT2D eigenvalue weighted by Crippen LogP contribution is 2.33. The molecular weight excluding hydrogens is 267 g/mol. The third kappa shape index (κ3) is 2.48. The minimum atomic E-state index is -4.34. The van der Waals surface area contributed by atoms with Gasteiger partial charge in [-0.05, 0) is 37.1 Å². The number of aryl methyl sites for hydroxylation is 1. The summed E-state index contributed by atoms with van der Waals surface area (Å²) in [5.41, 5.74) is 1.16. The number of rotatable bonds is 1. The van der Waals surface area contributed by atoms with E-state index in [2.05, 4.69) is 4.98 Å². The molecule has 2 heterocycles. The molecular formula is C15H12F3NO. The minimum absolute atomic E-state index is 0.466. The monoisotopic (exact) mass is 279 g/mol. The van der Waals surface area contributed by atoms with E-state index in [4.69, 9.17) is 4.74 Å². The van der Waals surface area contributed by atoms with Gasteiger partial charge in [-0.3, -0.25) is 0 Å². The smallest absolute Gasteiger partial charge is 0.416 e. The van der Waals surface area contributed by atoms with Gasteiger partial charge in [-0.2, -0.15) is 13.2 Å². The predicted molar refractivity (Wildman–Crippen MR) is 68.5 cm³/mol. The van der Waals surface area contributed by atoms with Crippen molar-refractivity contribution in [1.82, 2.24) is 4.98 Å². The summed E-state index contributed by atoms with van der Waals surface area (Å²) in [5, 5.41) is 0. The molecule has 0 saturated carbocycles. The lowest BCUT2D eigenvalue weighted by Gasteiger charge is -2.17. The predicted octanol–water partition coefficient (Wildman–Crippen LogP) is 4.09. The fraction of sp³-hybridized carbons (Fsp3) is 0.267. The van der Waals surface area contributed by atoms with Crippen LogP contribution < -0.4 is 4.74 Å². The zero-order valence-corrected chi connectivity index (χ0v) is 10.6. The number of aromatic nitrogens is 1. The molecule has 0 bridgehead atoms. The van der Waals surface area contributed by atoms with Crippen LogP contribution in [0.4, 0.5) is 13.2 Å². The van der Waals surface area contributed by atoms with Gasteiger partial charge < -0.3 is 4.74 Å². The highest BCUT2D eigenvalue weighted by atomic mass is 19.4. The summed E-state index contributed by atoms with van der Waals surface area (Å²) in [4.78, 5) is 4.41. The highest BCUT2D eigenvalue weighted by molar-refractivity contribution is 5.61. The molecule has 1 aliphatic heterocycles. The van der Waals surface area contributed by atoms with Gasteiger partial charge in [0.2, 0.25) is 0 Å². The van der Waals surface area contributed by atoms with Crippen LogP contribution >= 0.6 is 0 Å². The molecule has 0 amide bonds. The van der Waals surface area contributed by atoms with Crippen LogP contribution in [-0.2, 0) is 12.6 Å². The van der Waals surface area contributed by atoms with Crippen LogP contribution in [0.2, 0.25) is 0 Å². The van der Waals surface area contributed by atoms with E-state index in [-0.39, 0.29) is 0 Å². The van der Waals surface area contributed by atoms with E-state index in [1.54, 1.807) is 18.2 Å². The highest BCUT2D eigenvalue weighted by Gasteiger charge is 2.30. The number of hydrogen-bond donors (Lipinski definition) is 0. The first-order valence-electron chi connectivity index (χ1n) is 6.34. The molecule has 2 aromatic rings. The molecule has 0 atom stereocenters. The molecule has 0 saturated heterocycles. The first kappa shape index (κ1) is 13.0. The van der Waals surface area contributed by atoms with Crippen molar-refractivity contribution in [1.29, 1.82) is 0 Å². The van der Waals surface area contributed by atoms with E-state index in [9.17, 15) is 13.2 Å². The summed E-state index contributed by atoms with van der Waals surface area (Å²) in [6, 6.07) is 8.68. The molecule has 1 aromatic heterocycles. The molecule has 5 heteroatoms. The maximum Gasteiger partial charge on any atom is 0.416 e. The molecule has 0 N–H and O–H groups in total. The van der Waals surface area contributed by atoms with Gasteiger partial charge >= 0.3 is 6.18 Å². The lowest BCUT2D eigenvalue weighted by atomic mass is 10.1. The van der Waals surface area contributed by atoms with Gasteiger partial charge in [-0.1, -0.05) is 12.1 Å². The molecule has 20 heavy (non-hydrogen) atoms. The standard InChI is InChI=1S/C15H12F3NO/c16-15(17,18)11-4-1-3-10(9-11)12-6-7-14-13(19-12)5-2-8-20-14/h1,3-4,6-7,9H,2,5,8H2. The zero-order valence-electron chi connectivity index (χ0n) is 10.6. The molecule has 3 rings (SSSR count). The second-order valence-electron chi connectivity index (χ2n) is 4.67. The largest absolute Gasteiger partial charge is 0.492 e. The Morgan fingerprint density at radius 3 is 2.75 bits per heavy atom. The third-order valence-electron chi connectivity index (χ3n) is 3.23. The minimum Gasteiger partial charge on any atom is -0.492 e. The number of hydrogen-bond acceptors (Lipinski definition) is 2. The number of pyridine rings is 1. The van der Waals surface area contributed by atoms with E-state index in [1.165, 1.54) is 6.07 Å². The van der Waals surface area contributed by atoms with Gasteiger partial charge in [0.15, 0.2) is 0 Å². The van der Waals surface area contributed by atoms with Crippen molar-refractivity contribution in [3.05, 3.63) is 47.7 Å². The molecule has 1 aliphatic rings. The molecule has 0 unspecified atom stereocenters. The Balaban J connectivity index is 2.01. The molecule has 0 fully saturated rings. The lowest BCUT2D eigenvalue weighted by molar-refractivity contribution is -0.137. The number of ether oxygens (including phenoxy) is 1. The Morgan fingerprint density at radius 2 is 1.95 bits per heavy atom. The van der Waals surface area contributed by atoms with Crippen molar-refractivity contribution < 1.29 is 17.9 Å².